The SMILES string of the molecule is COc1cccc(F)c1[C@@H](C)NC(=O)N(C)Cc1ccsc1. The summed E-state index contributed by atoms with van der Waals surface area (Å²) < 4.78 is 19.2. The Bertz CT molecular complexity index is 631. The minimum Gasteiger partial charge on any atom is -0.496 e. The second kappa shape index (κ2) is 7.26. The molecule has 1 N–H and O–H groups in total. The molecule has 4 nitrogen and oxygen atoms in total. The predicted molar refractivity (Wildman–Crippen MR) is 85.7 cm³/mol. The zero-order chi connectivity index (χ0) is 16.1. The van der Waals surface area contributed by atoms with Crippen molar-refractivity contribution < 1.29 is 13.9 Å². The molecule has 22 heavy (non-hydrogen) atoms. The number of benzene rings is 1. The summed E-state index contributed by atoms with van der Waals surface area (Å²) in [4.78, 5) is 13.8. The highest BCUT2D eigenvalue weighted by Crippen LogP contribution is 2.27. The van der Waals surface area contributed by atoms with Crippen molar-refractivity contribution in [3.05, 3.63) is 52.0 Å². The molecule has 0 saturated heterocycles. The maximum absolute atomic E-state index is 14.0. The van der Waals surface area contributed by atoms with Crippen LogP contribution in [0.15, 0.2) is 35.0 Å². The van der Waals surface area contributed by atoms with Gasteiger partial charge < -0.3 is 15.0 Å². The van der Waals surface area contributed by atoms with E-state index in [1.54, 1.807) is 42.3 Å². The van der Waals surface area contributed by atoms with Gasteiger partial charge in [0.05, 0.1) is 18.7 Å². The molecule has 0 aliphatic heterocycles. The number of nitrogens with zero attached hydrogens (tertiary/aromatic N) is 1. The molecule has 2 amide bonds. The van der Waals surface area contributed by atoms with Crippen LogP contribution in [0.25, 0.3) is 0 Å². The number of hydrogen-bond acceptors (Lipinski definition) is 3. The zero-order valence-corrected chi connectivity index (χ0v) is 13.6. The lowest BCUT2D eigenvalue weighted by Gasteiger charge is -2.22. The Morgan fingerprint density at radius 1 is 1.45 bits per heavy atom. The van der Waals surface area contributed by atoms with Crippen LogP contribution in [0, 0.1) is 5.82 Å². The van der Waals surface area contributed by atoms with E-state index in [9.17, 15) is 9.18 Å². The summed E-state index contributed by atoms with van der Waals surface area (Å²) in [7, 11) is 3.19. The quantitative estimate of drug-likeness (QED) is 0.910. The summed E-state index contributed by atoms with van der Waals surface area (Å²) in [5.41, 5.74) is 1.42. The first-order chi connectivity index (χ1) is 10.5. The number of thiophene rings is 1. The first-order valence-corrected chi connectivity index (χ1v) is 7.82. The largest absolute Gasteiger partial charge is 0.496 e. The van der Waals surface area contributed by atoms with Gasteiger partial charge in [-0.2, -0.15) is 11.3 Å². The Morgan fingerprint density at radius 3 is 2.86 bits per heavy atom. The van der Waals surface area contributed by atoms with Crippen LogP contribution in [0.4, 0.5) is 9.18 Å². The van der Waals surface area contributed by atoms with Crippen LogP contribution in [-0.4, -0.2) is 25.1 Å². The molecule has 2 aromatic rings. The number of hydrogen-bond donors (Lipinski definition) is 1. The molecule has 0 unspecified atom stereocenters. The van der Waals surface area contributed by atoms with E-state index in [1.807, 2.05) is 16.8 Å². The maximum Gasteiger partial charge on any atom is 0.317 e. The summed E-state index contributed by atoms with van der Waals surface area (Å²) in [6.07, 6.45) is 0. The monoisotopic (exact) mass is 322 g/mol. The fourth-order valence-electron chi connectivity index (χ4n) is 2.21. The average Bonchev–Trinajstić information content (AvgIpc) is 2.99. The lowest BCUT2D eigenvalue weighted by Crippen LogP contribution is -2.38. The van der Waals surface area contributed by atoms with Crippen molar-refractivity contribution in [3.8, 4) is 5.75 Å². The lowest BCUT2D eigenvalue weighted by atomic mass is 10.1. The van der Waals surface area contributed by atoms with Gasteiger partial charge in [-0.3, -0.25) is 0 Å². The van der Waals surface area contributed by atoms with E-state index < -0.39 is 11.9 Å². The molecule has 1 heterocycles. The van der Waals surface area contributed by atoms with Crippen LogP contribution in [0.1, 0.15) is 24.1 Å². The fourth-order valence-corrected chi connectivity index (χ4v) is 2.87. The first kappa shape index (κ1) is 16.3. The predicted octanol–water partition coefficient (Wildman–Crippen LogP) is 3.80. The number of carbonyl (C=O) groups is 1. The van der Waals surface area contributed by atoms with Gasteiger partial charge in [-0.15, -0.1) is 0 Å². The maximum atomic E-state index is 14.0. The molecular weight excluding hydrogens is 303 g/mol. The summed E-state index contributed by atoms with van der Waals surface area (Å²) in [5.74, 6) is 0.0286. The number of ether oxygens (including phenoxy) is 1. The van der Waals surface area contributed by atoms with E-state index >= 15 is 0 Å². The molecule has 0 aliphatic rings. The van der Waals surface area contributed by atoms with Crippen LogP contribution < -0.4 is 10.1 Å². The highest BCUT2D eigenvalue weighted by atomic mass is 32.1. The molecule has 0 radical (unpaired) electrons. The number of methoxy groups -OCH3 is 1. The standard InChI is InChI=1S/C16H19FN2O2S/c1-11(15-13(17)5-4-6-14(15)21-3)18-16(20)19(2)9-12-7-8-22-10-12/h4-8,10-11H,9H2,1-3H3,(H,18,20)/t11-/m1/s1. The zero-order valence-electron chi connectivity index (χ0n) is 12.8. The van der Waals surface area contributed by atoms with Gasteiger partial charge in [0.1, 0.15) is 11.6 Å². The van der Waals surface area contributed by atoms with Gasteiger partial charge in [-0.1, -0.05) is 6.07 Å². The number of halogens is 1. The first-order valence-electron chi connectivity index (χ1n) is 6.88. The Morgan fingerprint density at radius 2 is 2.23 bits per heavy atom. The number of rotatable bonds is 5. The topological polar surface area (TPSA) is 41.6 Å². The van der Waals surface area contributed by atoms with Crippen molar-refractivity contribution in [3.63, 3.8) is 0 Å². The highest BCUT2D eigenvalue weighted by Gasteiger charge is 2.20. The van der Waals surface area contributed by atoms with Crippen molar-refractivity contribution >= 4 is 17.4 Å². The van der Waals surface area contributed by atoms with Crippen molar-refractivity contribution in [2.75, 3.05) is 14.2 Å². The molecule has 0 saturated carbocycles. The van der Waals surface area contributed by atoms with E-state index in [0.29, 0.717) is 17.9 Å². The lowest BCUT2D eigenvalue weighted by molar-refractivity contribution is 0.203. The molecule has 118 valence electrons. The molecule has 1 aromatic heterocycles. The third kappa shape index (κ3) is 3.76. The molecule has 1 atom stereocenters. The van der Waals surface area contributed by atoms with Crippen molar-refractivity contribution in [2.45, 2.75) is 19.5 Å². The molecule has 0 spiro atoms. The number of amides is 2. The van der Waals surface area contributed by atoms with Crippen LogP contribution in [0.5, 0.6) is 5.75 Å². The summed E-state index contributed by atoms with van der Waals surface area (Å²) in [5, 5.41) is 6.75. The Balaban J connectivity index is 2.05. The van der Waals surface area contributed by atoms with Gasteiger partial charge >= 0.3 is 6.03 Å². The second-order valence-corrected chi connectivity index (χ2v) is 5.79. The van der Waals surface area contributed by atoms with E-state index in [-0.39, 0.29) is 6.03 Å². The van der Waals surface area contributed by atoms with Crippen LogP contribution in [0.2, 0.25) is 0 Å². The average molecular weight is 322 g/mol. The van der Waals surface area contributed by atoms with Gasteiger partial charge in [0.15, 0.2) is 0 Å². The van der Waals surface area contributed by atoms with Crippen LogP contribution >= 0.6 is 11.3 Å². The van der Waals surface area contributed by atoms with Gasteiger partial charge in [0.2, 0.25) is 0 Å². The molecular formula is C16H19FN2O2S. The Hall–Kier alpha value is -2.08. The third-order valence-corrected chi connectivity index (χ3v) is 4.08. The van der Waals surface area contributed by atoms with E-state index in [2.05, 4.69) is 5.32 Å². The molecule has 0 aliphatic carbocycles. The highest BCUT2D eigenvalue weighted by molar-refractivity contribution is 7.07. The van der Waals surface area contributed by atoms with E-state index in [4.69, 9.17) is 4.74 Å². The van der Waals surface area contributed by atoms with Crippen molar-refractivity contribution in [1.82, 2.24) is 10.2 Å². The number of nitrogens with one attached hydrogen (secondary N) is 1. The molecule has 1 aromatic carbocycles. The van der Waals surface area contributed by atoms with Gasteiger partial charge in [-0.05, 0) is 41.4 Å². The minimum atomic E-state index is -0.492. The van der Waals surface area contributed by atoms with E-state index in [1.165, 1.54) is 13.2 Å². The Kier molecular flexibility index (Phi) is 5.38. The number of urea groups is 1. The number of carbonyl (C=O) groups excluding carboxylic acids is 1. The van der Waals surface area contributed by atoms with Gasteiger partial charge in [-0.25, -0.2) is 9.18 Å². The molecule has 0 bridgehead atoms. The van der Waals surface area contributed by atoms with Crippen LogP contribution in [0.3, 0.4) is 0 Å². The fraction of sp³-hybridized carbons (Fsp3) is 0.312. The van der Waals surface area contributed by atoms with Crippen LogP contribution in [-0.2, 0) is 6.54 Å². The summed E-state index contributed by atoms with van der Waals surface area (Å²) in [6.45, 7) is 2.24. The van der Waals surface area contributed by atoms with Gasteiger partial charge in [0.25, 0.3) is 0 Å². The summed E-state index contributed by atoms with van der Waals surface area (Å²) >= 11 is 1.59. The Labute approximate surface area is 133 Å². The van der Waals surface area contributed by atoms with Gasteiger partial charge in [0, 0.05) is 13.6 Å². The van der Waals surface area contributed by atoms with Crippen molar-refractivity contribution in [1.29, 1.82) is 0 Å². The molecule has 0 fully saturated rings. The smallest absolute Gasteiger partial charge is 0.317 e. The third-order valence-electron chi connectivity index (χ3n) is 3.35. The second-order valence-electron chi connectivity index (χ2n) is 5.01. The molecule has 6 heteroatoms. The minimum absolute atomic E-state index is 0.260. The normalized spacial score (nSPS) is 11.8. The van der Waals surface area contributed by atoms with Crippen molar-refractivity contribution in [2.24, 2.45) is 0 Å². The summed E-state index contributed by atoms with van der Waals surface area (Å²) in [6, 6.07) is 5.83. The molecule has 2 rings (SSSR count). The van der Waals surface area contributed by atoms with E-state index in [0.717, 1.165) is 5.56 Å².